The highest BCUT2D eigenvalue weighted by Crippen LogP contribution is 2.57. The molecule has 1 saturated heterocycles. The number of rotatable bonds is 7. The lowest BCUT2D eigenvalue weighted by Crippen LogP contribution is -2.50. The smallest absolute Gasteiger partial charge is 0.344 e. The number of carbonyl (C=O) groups is 2. The van der Waals surface area contributed by atoms with Crippen LogP contribution in [0.2, 0.25) is 10.0 Å². The third-order valence-electron chi connectivity index (χ3n) is 8.92. The second kappa shape index (κ2) is 12.0. The first kappa shape index (κ1) is 32.4. The average Bonchev–Trinajstić information content (AvgIpc) is 3.39. The summed E-state index contributed by atoms with van der Waals surface area (Å²) in [5.74, 6) is -2.30. The largest absolute Gasteiger partial charge is 0.352 e. The summed E-state index contributed by atoms with van der Waals surface area (Å²) in [4.78, 5) is 42.6. The van der Waals surface area contributed by atoms with Crippen molar-refractivity contribution in [3.05, 3.63) is 63.4 Å². The summed E-state index contributed by atoms with van der Waals surface area (Å²) in [6.45, 7) is 7.95. The first-order valence-electron chi connectivity index (χ1n) is 14.3. The molecule has 0 bridgehead atoms. The van der Waals surface area contributed by atoms with Gasteiger partial charge in [-0.1, -0.05) is 62.2 Å². The molecule has 2 aromatic carbocycles. The fraction of sp³-hybridized carbons (Fsp3) is 0.533. The molecule has 13 heteroatoms. The summed E-state index contributed by atoms with van der Waals surface area (Å²) < 4.78 is 31.4. The number of amides is 2. The highest BCUT2D eigenvalue weighted by atomic mass is 35.5. The van der Waals surface area contributed by atoms with Crippen LogP contribution in [0.1, 0.15) is 76.8 Å². The molecule has 234 valence electrons. The van der Waals surface area contributed by atoms with E-state index in [0.717, 1.165) is 0 Å². The fourth-order valence-corrected chi connectivity index (χ4v) is 7.66. The second-order valence-corrected chi connectivity index (χ2v) is 14.8. The molecule has 2 amide bonds. The van der Waals surface area contributed by atoms with Crippen molar-refractivity contribution in [2.24, 2.45) is 5.41 Å². The summed E-state index contributed by atoms with van der Waals surface area (Å²) in [6.07, 6.45) is 2.52. The molecular formula is C30H37Cl2FN3O6P. The number of carbonyl (C=O) groups excluding carboxylic acids is 2. The number of anilines is 1. The SMILES string of the molecule is CC(C)(C)C[C@H]1N[C@@H](C(=O)N[C@H]2CC[C@](C)(OO[PH](=O)O)CC2)[C@H](c2cccc(Cl)c2F)[C@@]12C(=O)Nc1cc(Cl)ccc12. The van der Waals surface area contributed by atoms with Gasteiger partial charge in [-0.15, -0.1) is 0 Å². The van der Waals surface area contributed by atoms with Crippen LogP contribution < -0.4 is 16.0 Å². The van der Waals surface area contributed by atoms with Gasteiger partial charge in [0.25, 0.3) is 0 Å². The number of halogens is 3. The Morgan fingerprint density at radius 1 is 1.21 bits per heavy atom. The zero-order valence-electron chi connectivity index (χ0n) is 24.4. The zero-order valence-corrected chi connectivity index (χ0v) is 26.9. The van der Waals surface area contributed by atoms with Gasteiger partial charge in [-0.05, 0) is 73.8 Å². The van der Waals surface area contributed by atoms with Crippen molar-refractivity contribution in [3.8, 4) is 0 Å². The van der Waals surface area contributed by atoms with Gasteiger partial charge >= 0.3 is 8.25 Å². The lowest BCUT2D eigenvalue weighted by atomic mass is 9.62. The Bertz CT molecular complexity index is 1450. The third-order valence-corrected chi connectivity index (χ3v) is 9.68. The zero-order chi connectivity index (χ0) is 31.3. The van der Waals surface area contributed by atoms with Crippen LogP contribution in [0.3, 0.4) is 0 Å². The Morgan fingerprint density at radius 3 is 2.56 bits per heavy atom. The summed E-state index contributed by atoms with van der Waals surface area (Å²) >= 11 is 12.6. The minimum Gasteiger partial charge on any atom is -0.352 e. The molecule has 5 rings (SSSR count). The van der Waals surface area contributed by atoms with Crippen LogP contribution in [0.4, 0.5) is 10.1 Å². The molecule has 5 atom stereocenters. The number of fused-ring (bicyclic) bond motifs is 2. The van der Waals surface area contributed by atoms with Crippen LogP contribution in [0.25, 0.3) is 0 Å². The molecule has 1 aliphatic carbocycles. The van der Waals surface area contributed by atoms with E-state index in [1.807, 2.05) is 0 Å². The van der Waals surface area contributed by atoms with Crippen LogP contribution in [0.15, 0.2) is 36.4 Å². The number of hydrogen-bond donors (Lipinski definition) is 4. The Balaban J connectivity index is 1.54. The Labute approximate surface area is 261 Å². The predicted molar refractivity (Wildman–Crippen MR) is 163 cm³/mol. The van der Waals surface area contributed by atoms with Crippen LogP contribution in [-0.2, 0) is 29.1 Å². The molecule has 1 unspecified atom stereocenters. The molecule has 0 aromatic heterocycles. The lowest BCUT2D eigenvalue weighted by Gasteiger charge is -2.38. The maximum atomic E-state index is 15.9. The van der Waals surface area contributed by atoms with E-state index >= 15 is 4.39 Å². The summed E-state index contributed by atoms with van der Waals surface area (Å²) in [6, 6.07) is 8.08. The second-order valence-electron chi connectivity index (χ2n) is 13.3. The normalized spacial score (nSPS) is 31.1. The molecule has 0 radical (unpaired) electrons. The molecule has 1 saturated carbocycles. The number of nitrogens with one attached hydrogen (secondary N) is 3. The van der Waals surface area contributed by atoms with E-state index in [9.17, 15) is 14.2 Å². The minimum atomic E-state index is -3.24. The van der Waals surface area contributed by atoms with Gasteiger partial charge in [-0.25, -0.2) is 9.28 Å². The highest BCUT2D eigenvalue weighted by Gasteiger charge is 2.66. The van der Waals surface area contributed by atoms with E-state index in [-0.39, 0.29) is 33.9 Å². The molecular weight excluding hydrogens is 619 g/mol. The topological polar surface area (TPSA) is 126 Å². The molecule has 43 heavy (non-hydrogen) atoms. The molecule has 2 aromatic rings. The Morgan fingerprint density at radius 2 is 1.91 bits per heavy atom. The minimum absolute atomic E-state index is 0.0972. The maximum Gasteiger partial charge on any atom is 0.344 e. The van der Waals surface area contributed by atoms with Gasteiger partial charge in [0.05, 0.1) is 11.1 Å². The van der Waals surface area contributed by atoms with Gasteiger partial charge in [0.2, 0.25) is 11.8 Å². The Hall–Kier alpha value is -2.04. The Kier molecular flexibility index (Phi) is 9.06. The van der Waals surface area contributed by atoms with Crippen molar-refractivity contribution >= 4 is 49.0 Å². The quantitative estimate of drug-likeness (QED) is 0.163. The standard InChI is InChI=1S/C30H37Cl2FN3O6P/c1-28(2,3)15-22-30(19-9-8-16(31)14-21(19)35-27(30)38)23(18-6-5-7-20(32)24(18)33)25(36-22)26(37)34-17-10-12-29(4,13-11-17)41-42-43(39)40/h5-9,14,17,22-23,25,36,43H,10-13,15H2,1-4H3,(H,34,37)(H,35,38)(H,39,40)/t17-,22-,23+,25-,29-,30+/m1/s1. The molecule has 2 fully saturated rings. The van der Waals surface area contributed by atoms with Gasteiger partial charge in [-0.2, -0.15) is 4.67 Å². The van der Waals surface area contributed by atoms with E-state index in [1.165, 1.54) is 6.07 Å². The first-order valence-corrected chi connectivity index (χ1v) is 16.4. The summed E-state index contributed by atoms with van der Waals surface area (Å²) in [5.41, 5.74) is -0.993. The monoisotopic (exact) mass is 655 g/mol. The van der Waals surface area contributed by atoms with Crippen LogP contribution in [-0.4, -0.2) is 40.4 Å². The van der Waals surface area contributed by atoms with Crippen molar-refractivity contribution in [2.45, 2.75) is 94.9 Å². The molecule has 1 spiro atoms. The van der Waals surface area contributed by atoms with Crippen LogP contribution in [0.5, 0.6) is 0 Å². The summed E-state index contributed by atoms with van der Waals surface area (Å²) in [7, 11) is -3.24. The van der Waals surface area contributed by atoms with E-state index in [0.29, 0.717) is 48.4 Å². The van der Waals surface area contributed by atoms with Gasteiger partial charge in [0.15, 0.2) is 0 Å². The van der Waals surface area contributed by atoms with Crippen molar-refractivity contribution in [1.82, 2.24) is 10.6 Å². The van der Waals surface area contributed by atoms with Crippen LogP contribution >= 0.6 is 31.5 Å². The van der Waals surface area contributed by atoms with Crippen molar-refractivity contribution in [3.63, 3.8) is 0 Å². The van der Waals surface area contributed by atoms with Crippen molar-refractivity contribution in [1.29, 1.82) is 0 Å². The fourth-order valence-electron chi connectivity index (χ4n) is 7.04. The maximum absolute atomic E-state index is 15.9. The van der Waals surface area contributed by atoms with Gasteiger partial charge in [-0.3, -0.25) is 14.2 Å². The van der Waals surface area contributed by atoms with Gasteiger partial charge in [0.1, 0.15) is 16.8 Å². The lowest BCUT2D eigenvalue weighted by molar-refractivity contribution is -0.296. The first-order chi connectivity index (χ1) is 20.1. The third kappa shape index (κ3) is 6.25. The van der Waals surface area contributed by atoms with Crippen LogP contribution in [0, 0.1) is 11.2 Å². The molecule has 2 heterocycles. The molecule has 2 aliphatic heterocycles. The van der Waals surface area contributed by atoms with E-state index in [4.69, 9.17) is 33.0 Å². The predicted octanol–water partition coefficient (Wildman–Crippen LogP) is 6.03. The number of hydrogen-bond acceptors (Lipinski definition) is 6. The van der Waals surface area contributed by atoms with Gasteiger partial charge in [0, 0.05) is 28.7 Å². The number of benzene rings is 2. The van der Waals surface area contributed by atoms with Crippen molar-refractivity contribution < 1.29 is 33.0 Å². The molecule has 9 nitrogen and oxygen atoms in total. The van der Waals surface area contributed by atoms with E-state index < -0.39 is 43.1 Å². The molecule has 4 N–H and O–H groups in total. The molecule has 3 aliphatic rings. The van der Waals surface area contributed by atoms with E-state index in [2.05, 4.69) is 41.4 Å². The highest BCUT2D eigenvalue weighted by molar-refractivity contribution is 7.31. The van der Waals surface area contributed by atoms with E-state index in [1.54, 1.807) is 37.3 Å². The summed E-state index contributed by atoms with van der Waals surface area (Å²) in [5, 5.41) is 9.93. The van der Waals surface area contributed by atoms with Crippen molar-refractivity contribution in [2.75, 3.05) is 5.32 Å². The average molecular weight is 657 g/mol. The van der Waals surface area contributed by atoms with Gasteiger partial charge < -0.3 is 20.8 Å².